The minimum absolute atomic E-state index is 0.0808. The van der Waals surface area contributed by atoms with E-state index in [4.69, 9.17) is 9.47 Å². The van der Waals surface area contributed by atoms with Crippen molar-refractivity contribution in [2.75, 3.05) is 20.0 Å². The zero-order valence-corrected chi connectivity index (χ0v) is 21.7. The number of aromatic hydroxyl groups is 1. The number of hydrazone groups is 1. The minimum atomic E-state index is -0.311. The van der Waals surface area contributed by atoms with E-state index in [0.29, 0.717) is 16.5 Å². The highest BCUT2D eigenvalue weighted by atomic mass is 32.2. The summed E-state index contributed by atoms with van der Waals surface area (Å²) in [5, 5.41) is 23.4. The molecule has 4 rings (SSSR count). The molecule has 2 N–H and O–H groups in total. The van der Waals surface area contributed by atoms with Crippen LogP contribution in [0.3, 0.4) is 0 Å². The summed E-state index contributed by atoms with van der Waals surface area (Å²) in [4.78, 5) is 12.5. The molecule has 9 nitrogen and oxygen atoms in total. The molecule has 0 aliphatic carbocycles. The van der Waals surface area contributed by atoms with Gasteiger partial charge in [0.15, 0.2) is 22.5 Å². The number of carbonyl (C=O) groups excluding carboxylic acids is 1. The predicted octanol–water partition coefficient (Wildman–Crippen LogP) is 4.52. The van der Waals surface area contributed by atoms with Crippen molar-refractivity contribution in [3.8, 4) is 34.3 Å². The largest absolute Gasteiger partial charge is 0.502 e. The van der Waals surface area contributed by atoms with Crippen LogP contribution >= 0.6 is 11.8 Å². The second-order valence-corrected chi connectivity index (χ2v) is 9.14. The highest BCUT2D eigenvalue weighted by Gasteiger charge is 2.17. The van der Waals surface area contributed by atoms with E-state index in [9.17, 15) is 9.90 Å². The second kappa shape index (κ2) is 11.6. The lowest BCUT2D eigenvalue weighted by Crippen LogP contribution is -2.20. The molecular weight excluding hydrogens is 490 g/mol. The molecule has 0 radical (unpaired) electrons. The topological polar surface area (TPSA) is 111 Å². The lowest BCUT2D eigenvalue weighted by molar-refractivity contribution is -0.118. The van der Waals surface area contributed by atoms with Gasteiger partial charge in [-0.05, 0) is 38.1 Å². The van der Waals surface area contributed by atoms with Gasteiger partial charge in [-0.25, -0.2) is 5.43 Å². The Hall–Kier alpha value is -4.31. The predicted molar refractivity (Wildman–Crippen MR) is 144 cm³/mol. The van der Waals surface area contributed by atoms with Crippen molar-refractivity contribution in [1.82, 2.24) is 20.2 Å². The zero-order valence-electron chi connectivity index (χ0n) is 20.9. The molecule has 0 unspecified atom stereocenters. The monoisotopic (exact) mass is 517 g/mol. The van der Waals surface area contributed by atoms with Gasteiger partial charge in [0.2, 0.25) is 5.75 Å². The molecule has 4 aromatic rings. The van der Waals surface area contributed by atoms with Crippen LogP contribution in [0.15, 0.2) is 70.9 Å². The number of phenols is 1. The van der Waals surface area contributed by atoms with Gasteiger partial charge in [0.25, 0.3) is 5.91 Å². The second-order valence-electron chi connectivity index (χ2n) is 8.20. The molecule has 0 saturated heterocycles. The van der Waals surface area contributed by atoms with Crippen molar-refractivity contribution in [2.45, 2.75) is 19.0 Å². The van der Waals surface area contributed by atoms with Crippen molar-refractivity contribution in [3.05, 3.63) is 77.4 Å². The van der Waals surface area contributed by atoms with Crippen LogP contribution in [-0.2, 0) is 4.79 Å². The first-order chi connectivity index (χ1) is 17.9. The van der Waals surface area contributed by atoms with Gasteiger partial charge in [0.1, 0.15) is 0 Å². The van der Waals surface area contributed by atoms with Crippen molar-refractivity contribution < 1.29 is 19.4 Å². The van der Waals surface area contributed by atoms with Crippen molar-refractivity contribution in [1.29, 1.82) is 0 Å². The quantitative estimate of drug-likeness (QED) is 0.191. The number of methoxy groups -OCH3 is 2. The number of thioether (sulfide) groups is 1. The molecule has 0 bridgehead atoms. The number of benzene rings is 3. The van der Waals surface area contributed by atoms with E-state index in [1.807, 2.05) is 66.9 Å². The standard InChI is InChI=1S/C27H27N5O4S/c1-17-5-9-20(10-6-17)26-30-31-27(32(26)21-11-7-18(2)8-12-21)37-16-24(33)29-28-15-19-13-22(35-3)25(34)23(14-19)36-4/h5-15,34H,16H2,1-4H3,(H,29,33)/b28-15+. The summed E-state index contributed by atoms with van der Waals surface area (Å²) in [6, 6.07) is 19.3. The van der Waals surface area contributed by atoms with Crippen LogP contribution in [0.2, 0.25) is 0 Å². The summed E-state index contributed by atoms with van der Waals surface area (Å²) in [5.74, 6) is 0.835. The number of aromatic nitrogens is 3. The van der Waals surface area contributed by atoms with Gasteiger partial charge >= 0.3 is 0 Å². The van der Waals surface area contributed by atoms with Gasteiger partial charge in [-0.2, -0.15) is 5.10 Å². The highest BCUT2D eigenvalue weighted by Crippen LogP contribution is 2.36. The van der Waals surface area contributed by atoms with Gasteiger partial charge in [-0.1, -0.05) is 59.3 Å². The normalized spacial score (nSPS) is 11.0. The van der Waals surface area contributed by atoms with Gasteiger partial charge in [-0.15, -0.1) is 10.2 Å². The molecule has 190 valence electrons. The fourth-order valence-electron chi connectivity index (χ4n) is 3.51. The summed E-state index contributed by atoms with van der Waals surface area (Å²) < 4.78 is 12.2. The van der Waals surface area contributed by atoms with Crippen molar-refractivity contribution in [3.63, 3.8) is 0 Å². The van der Waals surface area contributed by atoms with Crippen molar-refractivity contribution >= 4 is 23.9 Å². The molecule has 1 heterocycles. The molecule has 0 aliphatic rings. The zero-order chi connectivity index (χ0) is 26.4. The number of carbonyl (C=O) groups is 1. The van der Waals surface area contributed by atoms with E-state index in [2.05, 4.69) is 20.7 Å². The van der Waals surface area contributed by atoms with E-state index in [1.54, 1.807) is 12.1 Å². The smallest absolute Gasteiger partial charge is 0.250 e. The van der Waals surface area contributed by atoms with E-state index >= 15 is 0 Å². The van der Waals surface area contributed by atoms with Gasteiger partial charge < -0.3 is 14.6 Å². The van der Waals surface area contributed by atoms with E-state index in [0.717, 1.165) is 22.4 Å². The van der Waals surface area contributed by atoms with Crippen molar-refractivity contribution in [2.24, 2.45) is 5.10 Å². The maximum atomic E-state index is 12.5. The molecular formula is C27H27N5O4S. The molecule has 1 amide bonds. The average Bonchev–Trinajstić information content (AvgIpc) is 3.33. The molecule has 37 heavy (non-hydrogen) atoms. The molecule has 3 aromatic carbocycles. The lowest BCUT2D eigenvalue weighted by Gasteiger charge is -2.11. The summed E-state index contributed by atoms with van der Waals surface area (Å²) >= 11 is 1.26. The Kier molecular flexibility index (Phi) is 8.09. The van der Waals surface area contributed by atoms with Crippen LogP contribution in [-0.4, -0.2) is 52.0 Å². The van der Waals surface area contributed by atoms with Crippen LogP contribution in [0, 0.1) is 13.8 Å². The van der Waals surface area contributed by atoms with Crippen LogP contribution in [0.5, 0.6) is 17.2 Å². The fourth-order valence-corrected chi connectivity index (χ4v) is 4.25. The Balaban J connectivity index is 1.49. The van der Waals surface area contributed by atoms with E-state index < -0.39 is 0 Å². The first-order valence-electron chi connectivity index (χ1n) is 11.4. The first kappa shape index (κ1) is 25.8. The molecule has 10 heteroatoms. The third-order valence-corrected chi connectivity index (χ3v) is 6.40. The van der Waals surface area contributed by atoms with Crippen LogP contribution in [0.4, 0.5) is 0 Å². The summed E-state index contributed by atoms with van der Waals surface area (Å²) in [6.45, 7) is 4.06. The average molecular weight is 518 g/mol. The molecule has 0 saturated carbocycles. The van der Waals surface area contributed by atoms with E-state index in [-0.39, 0.29) is 28.9 Å². The number of hydrogen-bond donors (Lipinski definition) is 2. The lowest BCUT2D eigenvalue weighted by atomic mass is 10.1. The number of phenolic OH excluding ortho intramolecular Hbond substituents is 1. The number of nitrogens with zero attached hydrogens (tertiary/aromatic N) is 4. The van der Waals surface area contributed by atoms with Crippen LogP contribution < -0.4 is 14.9 Å². The van der Waals surface area contributed by atoms with Crippen LogP contribution in [0.1, 0.15) is 16.7 Å². The molecule has 1 aromatic heterocycles. The Morgan fingerprint density at radius 1 is 1.00 bits per heavy atom. The Morgan fingerprint density at radius 2 is 1.59 bits per heavy atom. The Morgan fingerprint density at radius 3 is 2.19 bits per heavy atom. The number of hydrogen-bond acceptors (Lipinski definition) is 8. The summed E-state index contributed by atoms with van der Waals surface area (Å²) in [7, 11) is 2.88. The molecule has 0 aliphatic heterocycles. The minimum Gasteiger partial charge on any atom is -0.502 e. The maximum absolute atomic E-state index is 12.5. The SMILES string of the molecule is COc1cc(/C=N/NC(=O)CSc2nnc(-c3ccc(C)cc3)n2-c2ccc(C)cc2)cc(OC)c1O. The summed E-state index contributed by atoms with van der Waals surface area (Å²) in [5.41, 5.74) is 7.23. The van der Waals surface area contributed by atoms with E-state index in [1.165, 1.54) is 32.2 Å². The maximum Gasteiger partial charge on any atom is 0.250 e. The first-order valence-corrected chi connectivity index (χ1v) is 12.4. The molecule has 0 spiro atoms. The number of aryl methyl sites for hydroxylation is 2. The van der Waals surface area contributed by atoms with Gasteiger partial charge in [0, 0.05) is 16.8 Å². The van der Waals surface area contributed by atoms with Crippen LogP contribution in [0.25, 0.3) is 17.1 Å². The van der Waals surface area contributed by atoms with Gasteiger partial charge in [-0.3, -0.25) is 9.36 Å². The molecule has 0 fully saturated rings. The third-order valence-electron chi connectivity index (χ3n) is 5.47. The number of ether oxygens (including phenoxy) is 2. The number of nitrogens with one attached hydrogen (secondary N) is 1. The third kappa shape index (κ3) is 6.10. The fraction of sp³-hybridized carbons (Fsp3) is 0.185. The summed E-state index contributed by atoms with van der Waals surface area (Å²) in [6.07, 6.45) is 1.44. The number of rotatable bonds is 9. The Bertz CT molecular complexity index is 1390. The Labute approximate surface area is 219 Å². The highest BCUT2D eigenvalue weighted by molar-refractivity contribution is 7.99. The van der Waals surface area contributed by atoms with Gasteiger partial charge in [0.05, 0.1) is 26.2 Å². The number of amides is 1. The molecule has 0 atom stereocenters.